The Hall–Kier alpha value is -1.94. The molecular formula is C21H22FN2NaO6. The Morgan fingerprint density at radius 1 is 1.29 bits per heavy atom. The van der Waals surface area contributed by atoms with Crippen molar-refractivity contribution in [2.45, 2.75) is 44.8 Å². The maximum atomic E-state index is 15.2. The molecule has 1 atom stereocenters. The molecule has 0 aliphatic carbocycles. The van der Waals surface area contributed by atoms with Crippen LogP contribution in [0.1, 0.15) is 48.1 Å². The fraction of sp³-hybridized carbons (Fsp3) is 0.476. The van der Waals surface area contributed by atoms with Gasteiger partial charge in [0.15, 0.2) is 0 Å². The van der Waals surface area contributed by atoms with Crippen molar-refractivity contribution in [3.05, 3.63) is 39.4 Å². The molecule has 0 bridgehead atoms. The molecule has 8 nitrogen and oxygen atoms in total. The monoisotopic (exact) mass is 440 g/mol. The number of hydrogen-bond donors (Lipinski definition) is 1. The minimum atomic E-state index is -1.58. The van der Waals surface area contributed by atoms with Gasteiger partial charge in [0.1, 0.15) is 18.0 Å². The largest absolute Gasteiger partial charge is 1.00 e. The van der Waals surface area contributed by atoms with Crippen molar-refractivity contribution in [2.24, 2.45) is 0 Å². The molecule has 1 fully saturated rings. The number of pyridine rings is 1. The third-order valence-corrected chi connectivity index (χ3v) is 5.95. The first-order chi connectivity index (χ1) is 14.3. The van der Waals surface area contributed by atoms with Crippen LogP contribution in [-0.2, 0) is 16.0 Å². The second-order valence-corrected chi connectivity index (χ2v) is 7.91. The molecule has 2 aromatic rings. The third kappa shape index (κ3) is 4.37. The van der Waals surface area contributed by atoms with E-state index in [1.165, 1.54) is 6.20 Å². The van der Waals surface area contributed by atoms with E-state index in [4.69, 9.17) is 0 Å². The Kier molecular flexibility index (Phi) is 7.10. The Labute approximate surface area is 199 Å². The maximum absolute atomic E-state index is 15.2. The number of carbonyl (C=O) groups is 2. The summed E-state index contributed by atoms with van der Waals surface area (Å²) in [6, 6.07) is 1.10. The minimum Gasteiger partial charge on any atom is -0.546 e. The third-order valence-electron chi connectivity index (χ3n) is 5.95. The van der Waals surface area contributed by atoms with Crippen LogP contribution in [0.5, 0.6) is 0 Å². The fourth-order valence-corrected chi connectivity index (χ4v) is 4.41. The van der Waals surface area contributed by atoms with Crippen LogP contribution < -0.4 is 45.0 Å². The molecule has 0 amide bonds. The molecule has 10 heteroatoms. The summed E-state index contributed by atoms with van der Waals surface area (Å²) >= 11 is 0. The first-order valence-electron chi connectivity index (χ1n) is 9.98. The number of aliphatic hydroxyl groups excluding tert-OH is 1. The van der Waals surface area contributed by atoms with Gasteiger partial charge in [-0.2, -0.15) is 0 Å². The summed E-state index contributed by atoms with van der Waals surface area (Å²) in [6.07, 6.45) is 3.33. The number of aromatic nitrogens is 1. The van der Waals surface area contributed by atoms with Gasteiger partial charge in [-0.3, -0.25) is 4.79 Å². The van der Waals surface area contributed by atoms with E-state index in [-0.39, 0.29) is 46.5 Å². The molecule has 2 aliphatic heterocycles. The van der Waals surface area contributed by atoms with Crippen molar-refractivity contribution in [3.63, 3.8) is 0 Å². The fourth-order valence-electron chi connectivity index (χ4n) is 4.41. The number of aliphatic carboxylic acids is 1. The van der Waals surface area contributed by atoms with Gasteiger partial charge < -0.3 is 29.2 Å². The zero-order valence-electron chi connectivity index (χ0n) is 17.5. The number of aliphatic hydroxyl groups is 1. The van der Waals surface area contributed by atoms with E-state index in [1.54, 1.807) is 4.57 Å². The number of aryl methyl sites for hydroxylation is 1. The molecule has 0 unspecified atom stereocenters. The Morgan fingerprint density at radius 3 is 2.61 bits per heavy atom. The predicted octanol–water partition coefficient (Wildman–Crippen LogP) is -2.48. The molecule has 0 spiro atoms. The van der Waals surface area contributed by atoms with Gasteiger partial charge in [0.05, 0.1) is 23.3 Å². The number of benzene rings is 1. The van der Waals surface area contributed by atoms with Gasteiger partial charge in [-0.15, -0.1) is 0 Å². The van der Waals surface area contributed by atoms with Gasteiger partial charge in [0.25, 0.3) is 0 Å². The molecule has 0 radical (unpaired) electrons. The smallest absolute Gasteiger partial charge is 0.546 e. The van der Waals surface area contributed by atoms with Gasteiger partial charge >= 0.3 is 35.5 Å². The topological polar surface area (TPSA) is 112 Å². The molecular weight excluding hydrogens is 418 g/mol. The first kappa shape index (κ1) is 23.7. The van der Waals surface area contributed by atoms with Crippen molar-refractivity contribution in [2.75, 3.05) is 24.6 Å². The average molecular weight is 440 g/mol. The number of anilines is 1. The van der Waals surface area contributed by atoms with Gasteiger partial charge in [-0.25, -0.2) is 9.18 Å². The summed E-state index contributed by atoms with van der Waals surface area (Å²) in [4.78, 5) is 37.7. The van der Waals surface area contributed by atoms with E-state index in [2.05, 4.69) is 4.74 Å². The van der Waals surface area contributed by atoms with Gasteiger partial charge in [0.2, 0.25) is 5.43 Å². The molecule has 0 saturated carbocycles. The maximum Gasteiger partial charge on any atom is 1.00 e. The molecule has 160 valence electrons. The van der Waals surface area contributed by atoms with Gasteiger partial charge in [-0.1, -0.05) is 0 Å². The van der Waals surface area contributed by atoms with E-state index >= 15 is 4.39 Å². The number of rotatable bonds is 4. The summed E-state index contributed by atoms with van der Waals surface area (Å²) in [5.41, 5.74) is 0.710. The zero-order chi connectivity index (χ0) is 21.6. The van der Waals surface area contributed by atoms with E-state index in [0.29, 0.717) is 55.5 Å². The zero-order valence-corrected chi connectivity index (χ0v) is 19.5. The Morgan fingerprint density at radius 2 is 1.97 bits per heavy atom. The van der Waals surface area contributed by atoms with Crippen molar-refractivity contribution in [1.82, 2.24) is 4.57 Å². The van der Waals surface area contributed by atoms with Gasteiger partial charge in [-0.05, 0) is 38.7 Å². The number of hydrogen-bond acceptors (Lipinski definition) is 7. The van der Waals surface area contributed by atoms with E-state index in [1.807, 2.05) is 11.8 Å². The normalized spacial score (nSPS) is 18.5. The number of esters is 1. The summed E-state index contributed by atoms with van der Waals surface area (Å²) in [5.74, 6) is -3.21. The second kappa shape index (κ2) is 9.28. The summed E-state index contributed by atoms with van der Waals surface area (Å²) in [7, 11) is 0. The van der Waals surface area contributed by atoms with Crippen LogP contribution in [0.15, 0.2) is 17.1 Å². The standard InChI is InChI=1S/C21H23FN2O6.Na/c1-11-2-3-13-18-14(8-16(22)19(13)23-6-4-12(25)5-7-23)20(28)15(9-24(11)18)21(29)30-10-17(26)27;/h8-9,11-12,25H,2-7,10H2,1H3,(H,26,27);/q;+1/p-1/t11-;/m0./s1. The molecule has 31 heavy (non-hydrogen) atoms. The molecule has 2 aliphatic rings. The molecule has 1 aromatic carbocycles. The van der Waals surface area contributed by atoms with E-state index < -0.39 is 35.9 Å². The van der Waals surface area contributed by atoms with Crippen LogP contribution in [-0.4, -0.2) is 47.4 Å². The molecule has 1 aromatic heterocycles. The van der Waals surface area contributed by atoms with Crippen molar-refractivity contribution in [3.8, 4) is 0 Å². The first-order valence-corrected chi connectivity index (χ1v) is 9.98. The van der Waals surface area contributed by atoms with Crippen LogP contribution in [0, 0.1) is 5.82 Å². The van der Waals surface area contributed by atoms with Crippen LogP contribution in [0.3, 0.4) is 0 Å². The number of carboxylic acids is 1. The number of carbonyl (C=O) groups excluding carboxylic acids is 2. The Balaban J connectivity index is 0.00000272. The summed E-state index contributed by atoms with van der Waals surface area (Å²) in [5, 5.41) is 20.4. The van der Waals surface area contributed by atoms with Crippen LogP contribution in [0.4, 0.5) is 10.1 Å². The Bertz CT molecular complexity index is 1090. The number of carboxylic acid groups (broad SMARTS) is 1. The van der Waals surface area contributed by atoms with Crippen molar-refractivity contribution < 1.29 is 58.5 Å². The van der Waals surface area contributed by atoms with E-state index in [0.717, 1.165) is 6.07 Å². The number of piperidine rings is 1. The molecule has 4 rings (SSSR count). The number of halogens is 1. The van der Waals surface area contributed by atoms with Crippen molar-refractivity contribution in [1.29, 1.82) is 0 Å². The van der Waals surface area contributed by atoms with Gasteiger partial charge in [0, 0.05) is 36.3 Å². The quantitative estimate of drug-likeness (QED) is 0.414. The van der Waals surface area contributed by atoms with Crippen LogP contribution in [0.2, 0.25) is 0 Å². The summed E-state index contributed by atoms with van der Waals surface area (Å²) in [6.45, 7) is 2.00. The number of ether oxygens (including phenoxy) is 1. The predicted molar refractivity (Wildman–Crippen MR) is 104 cm³/mol. The van der Waals surface area contributed by atoms with E-state index in [9.17, 15) is 24.6 Å². The van der Waals surface area contributed by atoms with Crippen molar-refractivity contribution >= 4 is 28.5 Å². The second-order valence-electron chi connectivity index (χ2n) is 7.91. The SMILES string of the molecule is C[C@H]1CCc2c(N3CCC(O)CC3)c(F)cc3c(=O)c(C(=O)OCC(=O)[O-])cn1c23.[Na+]. The van der Waals surface area contributed by atoms with Crippen LogP contribution >= 0.6 is 0 Å². The number of nitrogens with zero attached hydrogens (tertiary/aromatic N) is 2. The summed E-state index contributed by atoms with van der Waals surface area (Å²) < 4.78 is 21.6. The minimum absolute atomic E-state index is 0. The average Bonchev–Trinajstić information content (AvgIpc) is 2.71. The molecule has 3 heterocycles. The van der Waals surface area contributed by atoms with Crippen LogP contribution in [0.25, 0.3) is 10.9 Å². The molecule has 1 saturated heterocycles. The molecule has 1 N–H and O–H groups in total.